The summed E-state index contributed by atoms with van der Waals surface area (Å²) in [5, 5.41) is 0. The maximum absolute atomic E-state index is 12.6. The van der Waals surface area contributed by atoms with E-state index in [4.69, 9.17) is 22.8 Å². The Labute approximate surface area is 115 Å². The van der Waals surface area contributed by atoms with Gasteiger partial charge in [-0.2, -0.15) is 0 Å². The van der Waals surface area contributed by atoms with Crippen molar-refractivity contribution in [3.63, 3.8) is 0 Å². The summed E-state index contributed by atoms with van der Waals surface area (Å²) >= 11 is 0. The minimum absolute atomic E-state index is 0.134. The first kappa shape index (κ1) is 19.3. The van der Waals surface area contributed by atoms with Gasteiger partial charge in [-0.3, -0.25) is 9.13 Å². The molecule has 0 aromatic rings. The van der Waals surface area contributed by atoms with Gasteiger partial charge in [-0.25, -0.2) is 0 Å². The lowest BCUT2D eigenvalue weighted by Gasteiger charge is -2.29. The van der Waals surface area contributed by atoms with Crippen molar-refractivity contribution in [3.8, 4) is 0 Å². The molecule has 0 amide bonds. The highest BCUT2D eigenvalue weighted by Gasteiger charge is 2.51. The molecule has 116 valence electrons. The molecule has 0 aliphatic rings. The molecule has 0 heterocycles. The lowest BCUT2D eigenvalue weighted by atomic mass is 10.9. The third-order valence-corrected chi connectivity index (χ3v) is 7.66. The summed E-state index contributed by atoms with van der Waals surface area (Å²) in [7, 11) is -6.23. The number of hydrogen-bond donors (Lipinski definition) is 0. The molecule has 19 heavy (non-hydrogen) atoms. The number of methoxy groups -OCH3 is 1. The van der Waals surface area contributed by atoms with Crippen LogP contribution in [0.4, 0.5) is 0 Å². The maximum Gasteiger partial charge on any atom is 0.371 e. The van der Waals surface area contributed by atoms with Gasteiger partial charge in [0.1, 0.15) is 0 Å². The van der Waals surface area contributed by atoms with Gasteiger partial charge in [0.15, 0.2) is 0 Å². The Morgan fingerprint density at radius 3 is 1.16 bits per heavy atom. The van der Waals surface area contributed by atoms with Crippen molar-refractivity contribution < 1.29 is 32.0 Å². The zero-order valence-corrected chi connectivity index (χ0v) is 13.9. The van der Waals surface area contributed by atoms with Gasteiger partial charge in [0.05, 0.1) is 26.4 Å². The SMILES string of the molecule is CCOP(=O)(OCC)C(OC)P(=O)(OCC)OCC. The van der Waals surface area contributed by atoms with Crippen LogP contribution in [0, 0.1) is 0 Å². The van der Waals surface area contributed by atoms with Gasteiger partial charge in [0, 0.05) is 7.11 Å². The van der Waals surface area contributed by atoms with Crippen molar-refractivity contribution in [3.05, 3.63) is 0 Å². The fourth-order valence-electron chi connectivity index (χ4n) is 1.48. The zero-order valence-electron chi connectivity index (χ0n) is 12.2. The summed E-state index contributed by atoms with van der Waals surface area (Å²) in [4.78, 5) is 0. The molecule has 0 unspecified atom stereocenters. The van der Waals surface area contributed by atoms with Crippen LogP contribution in [0.25, 0.3) is 0 Å². The molecule has 0 N–H and O–H groups in total. The Morgan fingerprint density at radius 2 is 1.00 bits per heavy atom. The average molecular weight is 318 g/mol. The summed E-state index contributed by atoms with van der Waals surface area (Å²) in [5.74, 6) is 0. The van der Waals surface area contributed by atoms with E-state index in [1.54, 1.807) is 27.7 Å². The third-order valence-electron chi connectivity index (χ3n) is 1.99. The van der Waals surface area contributed by atoms with Crippen LogP contribution in [0.5, 0.6) is 0 Å². The van der Waals surface area contributed by atoms with Gasteiger partial charge in [-0.15, -0.1) is 0 Å². The van der Waals surface area contributed by atoms with E-state index >= 15 is 0 Å². The second-order valence-corrected chi connectivity index (χ2v) is 7.85. The fourth-order valence-corrected chi connectivity index (χ4v) is 6.28. The Balaban J connectivity index is 5.41. The summed E-state index contributed by atoms with van der Waals surface area (Å²) in [6.45, 7) is 7.17. The Bertz CT molecular complexity index is 284. The topological polar surface area (TPSA) is 80.3 Å². The molecule has 0 bridgehead atoms. The van der Waals surface area contributed by atoms with Crippen LogP contribution < -0.4 is 0 Å². The van der Waals surface area contributed by atoms with Crippen LogP contribution in [0.15, 0.2) is 0 Å². The lowest BCUT2D eigenvalue weighted by Crippen LogP contribution is -2.19. The summed E-state index contributed by atoms with van der Waals surface area (Å²) in [6, 6.07) is 0. The molecule has 0 saturated heterocycles. The van der Waals surface area contributed by atoms with Crippen LogP contribution in [-0.4, -0.2) is 39.1 Å². The smallest absolute Gasteiger partial charge is 0.358 e. The van der Waals surface area contributed by atoms with Crippen LogP contribution in [-0.2, 0) is 32.0 Å². The van der Waals surface area contributed by atoms with Crippen molar-refractivity contribution in [2.75, 3.05) is 33.5 Å². The number of hydrogen-bond acceptors (Lipinski definition) is 7. The molecule has 0 saturated carbocycles. The van der Waals surface area contributed by atoms with Crippen molar-refractivity contribution in [2.24, 2.45) is 0 Å². The molecule has 0 aliphatic carbocycles. The first-order valence-corrected chi connectivity index (χ1v) is 9.46. The molecule has 0 aromatic heterocycles. The first-order valence-electron chi connectivity index (χ1n) is 6.24. The molecule has 0 aromatic carbocycles. The van der Waals surface area contributed by atoms with E-state index in [2.05, 4.69) is 0 Å². The Morgan fingerprint density at radius 1 is 0.737 bits per heavy atom. The van der Waals surface area contributed by atoms with Crippen molar-refractivity contribution in [1.29, 1.82) is 0 Å². The maximum atomic E-state index is 12.6. The van der Waals surface area contributed by atoms with E-state index in [9.17, 15) is 9.13 Å². The van der Waals surface area contributed by atoms with E-state index in [1.807, 2.05) is 0 Å². The summed E-state index contributed by atoms with van der Waals surface area (Å²) in [6.07, 6.45) is 0. The molecular weight excluding hydrogens is 294 g/mol. The van der Waals surface area contributed by atoms with Crippen LogP contribution in [0.2, 0.25) is 0 Å². The average Bonchev–Trinajstić information content (AvgIpc) is 2.30. The summed E-state index contributed by atoms with van der Waals surface area (Å²) < 4.78 is 50.9. The number of rotatable bonds is 11. The van der Waals surface area contributed by atoms with Gasteiger partial charge < -0.3 is 22.8 Å². The van der Waals surface area contributed by atoms with Gasteiger partial charge in [-0.05, 0) is 27.7 Å². The Kier molecular flexibility index (Phi) is 9.37. The van der Waals surface area contributed by atoms with Crippen molar-refractivity contribution >= 4 is 15.2 Å². The molecule has 0 radical (unpaired) electrons. The highest BCUT2D eigenvalue weighted by Crippen LogP contribution is 2.70. The van der Waals surface area contributed by atoms with Crippen LogP contribution in [0.1, 0.15) is 27.7 Å². The molecule has 0 spiro atoms. The van der Waals surface area contributed by atoms with Crippen LogP contribution in [0.3, 0.4) is 0 Å². The quantitative estimate of drug-likeness (QED) is 0.540. The molecule has 0 rings (SSSR count). The zero-order chi connectivity index (χ0) is 14.9. The monoisotopic (exact) mass is 318 g/mol. The van der Waals surface area contributed by atoms with Gasteiger partial charge in [0.2, 0.25) is 0 Å². The minimum atomic E-state index is -3.75. The minimum Gasteiger partial charge on any atom is -0.358 e. The van der Waals surface area contributed by atoms with Crippen LogP contribution >= 0.6 is 15.2 Å². The summed E-state index contributed by atoms with van der Waals surface area (Å²) in [5.41, 5.74) is -1.39. The van der Waals surface area contributed by atoms with Gasteiger partial charge in [-0.1, -0.05) is 0 Å². The van der Waals surface area contributed by atoms with Crippen molar-refractivity contribution in [1.82, 2.24) is 0 Å². The van der Waals surface area contributed by atoms with E-state index in [-0.39, 0.29) is 26.4 Å². The highest BCUT2D eigenvalue weighted by atomic mass is 31.2. The largest absolute Gasteiger partial charge is 0.371 e. The predicted molar refractivity (Wildman–Crippen MR) is 72.5 cm³/mol. The normalized spacial score (nSPS) is 13.2. The molecular formula is C10H24O7P2. The lowest BCUT2D eigenvalue weighted by molar-refractivity contribution is 0.112. The van der Waals surface area contributed by atoms with E-state index in [0.29, 0.717) is 0 Å². The van der Waals surface area contributed by atoms with E-state index in [0.717, 1.165) is 0 Å². The van der Waals surface area contributed by atoms with Gasteiger partial charge >= 0.3 is 15.2 Å². The Hall–Kier alpha value is 0.260. The standard InChI is InChI=1S/C10H24O7P2/c1-6-14-18(11,15-7-2)10(13-5)19(12,16-8-3)17-9-4/h10H,6-9H2,1-5H3. The molecule has 0 aliphatic heterocycles. The fraction of sp³-hybridized carbons (Fsp3) is 1.00. The predicted octanol–water partition coefficient (Wildman–Crippen LogP) is 3.45. The van der Waals surface area contributed by atoms with Crippen molar-refractivity contribution in [2.45, 2.75) is 33.3 Å². The molecule has 0 atom stereocenters. The van der Waals surface area contributed by atoms with Gasteiger partial charge in [0.25, 0.3) is 5.59 Å². The second-order valence-electron chi connectivity index (χ2n) is 3.31. The molecule has 9 heteroatoms. The molecule has 0 fully saturated rings. The third kappa shape index (κ3) is 5.27. The second kappa shape index (κ2) is 9.24. The van der Waals surface area contributed by atoms with E-state index in [1.165, 1.54) is 7.11 Å². The van der Waals surface area contributed by atoms with E-state index < -0.39 is 20.8 Å². The highest BCUT2D eigenvalue weighted by molar-refractivity contribution is 7.72. The number of ether oxygens (including phenoxy) is 1. The first-order chi connectivity index (χ1) is 8.94. The molecule has 7 nitrogen and oxygen atoms in total.